The summed E-state index contributed by atoms with van der Waals surface area (Å²) in [5.74, 6) is 0.0628. The molecule has 1 saturated heterocycles. The highest BCUT2D eigenvalue weighted by atomic mass is 16.5. The molecular formula is C15H23N3O2. The fourth-order valence-electron chi connectivity index (χ4n) is 2.34. The van der Waals surface area contributed by atoms with Crippen LogP contribution in [0.3, 0.4) is 0 Å². The molecule has 110 valence electrons. The number of rotatable bonds is 6. The summed E-state index contributed by atoms with van der Waals surface area (Å²) < 4.78 is 5.65. The first-order valence-corrected chi connectivity index (χ1v) is 7.11. The molecule has 2 rings (SSSR count). The van der Waals surface area contributed by atoms with Gasteiger partial charge in [0.2, 0.25) is 5.91 Å². The lowest BCUT2D eigenvalue weighted by Gasteiger charge is -2.32. The fourth-order valence-corrected chi connectivity index (χ4v) is 2.34. The van der Waals surface area contributed by atoms with Gasteiger partial charge in [0.25, 0.3) is 0 Å². The minimum atomic E-state index is 0.0628. The summed E-state index contributed by atoms with van der Waals surface area (Å²) >= 11 is 0. The van der Waals surface area contributed by atoms with Crippen molar-refractivity contribution in [1.29, 1.82) is 0 Å². The van der Waals surface area contributed by atoms with Gasteiger partial charge < -0.3 is 15.4 Å². The average molecular weight is 277 g/mol. The molecule has 5 heteroatoms. The summed E-state index contributed by atoms with van der Waals surface area (Å²) in [6.07, 6.45) is 0.743. The van der Waals surface area contributed by atoms with E-state index in [1.807, 2.05) is 37.4 Å². The zero-order valence-electron chi connectivity index (χ0n) is 12.0. The van der Waals surface area contributed by atoms with E-state index < -0.39 is 0 Å². The Labute approximate surface area is 120 Å². The van der Waals surface area contributed by atoms with Gasteiger partial charge >= 0.3 is 0 Å². The zero-order chi connectivity index (χ0) is 14.2. The first-order valence-electron chi connectivity index (χ1n) is 7.11. The minimum Gasteiger partial charge on any atom is -0.374 e. The smallest absolute Gasteiger partial charge is 0.225 e. The highest BCUT2D eigenvalue weighted by molar-refractivity contribution is 5.90. The van der Waals surface area contributed by atoms with Gasteiger partial charge in [0.1, 0.15) is 0 Å². The van der Waals surface area contributed by atoms with Crippen molar-refractivity contribution in [3.05, 3.63) is 30.3 Å². The van der Waals surface area contributed by atoms with Crippen molar-refractivity contribution >= 4 is 11.6 Å². The van der Waals surface area contributed by atoms with Gasteiger partial charge in [-0.1, -0.05) is 18.2 Å². The van der Waals surface area contributed by atoms with Crippen molar-refractivity contribution in [2.24, 2.45) is 0 Å². The van der Waals surface area contributed by atoms with E-state index in [9.17, 15) is 4.79 Å². The molecule has 1 aromatic rings. The molecule has 1 aliphatic rings. The number of morpholine rings is 1. The van der Waals surface area contributed by atoms with Crippen molar-refractivity contribution in [2.45, 2.75) is 12.5 Å². The number of nitrogens with zero attached hydrogens (tertiary/aromatic N) is 1. The van der Waals surface area contributed by atoms with E-state index in [0.717, 1.165) is 38.5 Å². The normalized spacial score (nSPS) is 19.8. The Morgan fingerprint density at radius 3 is 2.95 bits per heavy atom. The molecular weight excluding hydrogens is 254 g/mol. The summed E-state index contributed by atoms with van der Waals surface area (Å²) in [4.78, 5) is 14.2. The van der Waals surface area contributed by atoms with Gasteiger partial charge in [0.15, 0.2) is 0 Å². The minimum absolute atomic E-state index is 0.0628. The molecule has 0 aromatic heterocycles. The standard InChI is InChI=1S/C15H23N3O2/c1-16-11-14-12-18(9-10-20-14)8-7-15(19)17-13-5-3-2-4-6-13/h2-6,14,16H,7-12H2,1H3,(H,17,19). The van der Waals surface area contributed by atoms with Crippen LogP contribution >= 0.6 is 0 Å². The van der Waals surface area contributed by atoms with Crippen molar-refractivity contribution in [3.63, 3.8) is 0 Å². The van der Waals surface area contributed by atoms with Crippen LogP contribution in [0.15, 0.2) is 30.3 Å². The second kappa shape index (κ2) is 7.99. The Morgan fingerprint density at radius 2 is 2.20 bits per heavy atom. The van der Waals surface area contributed by atoms with Crippen LogP contribution in [0.25, 0.3) is 0 Å². The third kappa shape index (κ3) is 4.92. The number of hydrogen-bond acceptors (Lipinski definition) is 4. The molecule has 1 fully saturated rings. The predicted molar refractivity (Wildman–Crippen MR) is 79.8 cm³/mol. The van der Waals surface area contributed by atoms with E-state index in [4.69, 9.17) is 4.74 Å². The molecule has 1 unspecified atom stereocenters. The van der Waals surface area contributed by atoms with Crippen LogP contribution < -0.4 is 10.6 Å². The molecule has 20 heavy (non-hydrogen) atoms. The van der Waals surface area contributed by atoms with E-state index in [0.29, 0.717) is 6.42 Å². The second-order valence-electron chi connectivity index (χ2n) is 5.02. The van der Waals surface area contributed by atoms with Gasteiger partial charge in [-0.15, -0.1) is 0 Å². The molecule has 1 atom stereocenters. The molecule has 0 spiro atoms. The van der Waals surface area contributed by atoms with Crippen molar-refractivity contribution in [3.8, 4) is 0 Å². The fraction of sp³-hybridized carbons (Fsp3) is 0.533. The Bertz CT molecular complexity index is 409. The third-order valence-corrected chi connectivity index (χ3v) is 3.37. The first kappa shape index (κ1) is 15.0. The summed E-state index contributed by atoms with van der Waals surface area (Å²) in [6, 6.07) is 9.57. The molecule has 1 aromatic carbocycles. The number of amides is 1. The van der Waals surface area contributed by atoms with E-state index in [2.05, 4.69) is 15.5 Å². The third-order valence-electron chi connectivity index (χ3n) is 3.37. The van der Waals surface area contributed by atoms with Gasteiger partial charge in [0.05, 0.1) is 12.7 Å². The maximum absolute atomic E-state index is 11.9. The van der Waals surface area contributed by atoms with Crippen molar-refractivity contribution < 1.29 is 9.53 Å². The summed E-state index contributed by atoms with van der Waals surface area (Å²) in [5.41, 5.74) is 0.854. The van der Waals surface area contributed by atoms with Gasteiger partial charge in [-0.25, -0.2) is 0 Å². The Hall–Kier alpha value is -1.43. The number of likely N-dealkylation sites (N-methyl/N-ethyl adjacent to an activating group) is 1. The van der Waals surface area contributed by atoms with Crippen LogP contribution in [0.1, 0.15) is 6.42 Å². The number of carbonyl (C=O) groups excluding carboxylic acids is 1. The van der Waals surface area contributed by atoms with Crippen LogP contribution in [0, 0.1) is 0 Å². The van der Waals surface area contributed by atoms with Gasteiger partial charge in [-0.05, 0) is 19.2 Å². The Morgan fingerprint density at radius 1 is 1.40 bits per heavy atom. The monoisotopic (exact) mass is 277 g/mol. The van der Waals surface area contributed by atoms with E-state index in [1.165, 1.54) is 0 Å². The first-order chi connectivity index (χ1) is 9.78. The lowest BCUT2D eigenvalue weighted by atomic mass is 10.2. The maximum Gasteiger partial charge on any atom is 0.225 e. The number of benzene rings is 1. The number of hydrogen-bond donors (Lipinski definition) is 2. The molecule has 2 N–H and O–H groups in total. The Kier molecular flexibility index (Phi) is 5.98. The predicted octanol–water partition coefficient (Wildman–Crippen LogP) is 0.935. The van der Waals surface area contributed by atoms with E-state index in [-0.39, 0.29) is 12.0 Å². The van der Waals surface area contributed by atoms with Crippen molar-refractivity contribution in [2.75, 3.05) is 45.2 Å². The summed E-state index contributed by atoms with van der Waals surface area (Å²) in [6.45, 7) is 4.17. The summed E-state index contributed by atoms with van der Waals surface area (Å²) in [7, 11) is 1.93. The average Bonchev–Trinajstić information content (AvgIpc) is 2.47. The SMILES string of the molecule is CNCC1CN(CCC(=O)Nc2ccccc2)CCO1. The highest BCUT2D eigenvalue weighted by Crippen LogP contribution is 2.08. The summed E-state index contributed by atoms with van der Waals surface area (Å²) in [5, 5.41) is 6.03. The molecule has 0 bridgehead atoms. The number of ether oxygens (including phenoxy) is 1. The van der Waals surface area contributed by atoms with Crippen LogP contribution in [0.5, 0.6) is 0 Å². The number of para-hydroxylation sites is 1. The molecule has 0 aliphatic carbocycles. The van der Waals surface area contributed by atoms with Crippen LogP contribution in [-0.4, -0.2) is 56.7 Å². The van der Waals surface area contributed by atoms with Crippen LogP contribution in [-0.2, 0) is 9.53 Å². The van der Waals surface area contributed by atoms with Crippen LogP contribution in [0.4, 0.5) is 5.69 Å². The Balaban J connectivity index is 1.70. The second-order valence-corrected chi connectivity index (χ2v) is 5.02. The molecule has 1 amide bonds. The van der Waals surface area contributed by atoms with Crippen LogP contribution in [0.2, 0.25) is 0 Å². The molecule has 5 nitrogen and oxygen atoms in total. The number of carbonyl (C=O) groups is 1. The molecule has 1 heterocycles. The van der Waals surface area contributed by atoms with Crippen molar-refractivity contribution in [1.82, 2.24) is 10.2 Å². The molecule has 0 radical (unpaired) electrons. The lowest BCUT2D eigenvalue weighted by molar-refractivity contribution is -0.117. The van der Waals surface area contributed by atoms with Gasteiger partial charge in [-0.3, -0.25) is 9.69 Å². The number of nitrogens with one attached hydrogen (secondary N) is 2. The largest absolute Gasteiger partial charge is 0.374 e. The highest BCUT2D eigenvalue weighted by Gasteiger charge is 2.20. The van der Waals surface area contributed by atoms with E-state index in [1.54, 1.807) is 0 Å². The maximum atomic E-state index is 11.9. The molecule has 0 saturated carbocycles. The lowest BCUT2D eigenvalue weighted by Crippen LogP contribution is -2.46. The zero-order valence-corrected chi connectivity index (χ0v) is 12.0. The van der Waals surface area contributed by atoms with Gasteiger partial charge in [-0.2, -0.15) is 0 Å². The topological polar surface area (TPSA) is 53.6 Å². The number of anilines is 1. The van der Waals surface area contributed by atoms with Gasteiger partial charge in [0, 0.05) is 38.3 Å². The quantitative estimate of drug-likeness (QED) is 0.812. The van der Waals surface area contributed by atoms with E-state index >= 15 is 0 Å². The molecule has 1 aliphatic heterocycles.